The van der Waals surface area contributed by atoms with Gasteiger partial charge >= 0.3 is 12.2 Å². The van der Waals surface area contributed by atoms with E-state index in [1.165, 1.54) is 30.7 Å². The number of amides is 2. The summed E-state index contributed by atoms with van der Waals surface area (Å²) in [5.74, 6) is 0.127. The van der Waals surface area contributed by atoms with Crippen LogP contribution in [0.15, 0.2) is 30.7 Å². The Kier molecular flexibility index (Phi) is 5.34. The van der Waals surface area contributed by atoms with E-state index in [1.807, 2.05) is 0 Å². The molecule has 4 aromatic rings. The minimum absolute atomic E-state index is 0.0306. The number of rotatable bonds is 3. The Bertz CT molecular complexity index is 1470. The predicted octanol–water partition coefficient (Wildman–Crippen LogP) is 3.38. The van der Waals surface area contributed by atoms with Gasteiger partial charge in [0.15, 0.2) is 16.6 Å². The van der Waals surface area contributed by atoms with Gasteiger partial charge in [0.1, 0.15) is 11.1 Å². The van der Waals surface area contributed by atoms with Crippen molar-refractivity contribution in [2.75, 3.05) is 16.8 Å². The van der Waals surface area contributed by atoms with Crippen molar-refractivity contribution in [3.63, 3.8) is 0 Å². The van der Waals surface area contributed by atoms with Crippen LogP contribution in [-0.2, 0) is 12.0 Å². The Morgan fingerprint density at radius 2 is 1.97 bits per heavy atom. The van der Waals surface area contributed by atoms with E-state index in [9.17, 15) is 18.0 Å². The molecule has 4 aromatic heterocycles. The van der Waals surface area contributed by atoms with E-state index in [0.29, 0.717) is 5.69 Å². The molecule has 35 heavy (non-hydrogen) atoms. The highest BCUT2D eigenvalue weighted by Gasteiger charge is 2.60. The number of aliphatic hydroxyl groups is 1. The Morgan fingerprint density at radius 1 is 1.20 bits per heavy atom. The maximum atomic E-state index is 14.2. The molecule has 0 fully saturated rings. The number of carbonyl (C=O) groups is 1. The smallest absolute Gasteiger partial charge is 0.390 e. The molecule has 5 rings (SSSR count). The first kappa shape index (κ1) is 23.3. The summed E-state index contributed by atoms with van der Waals surface area (Å²) >= 11 is 12.1. The van der Waals surface area contributed by atoms with Gasteiger partial charge in [-0.25, -0.2) is 19.3 Å². The van der Waals surface area contributed by atoms with E-state index in [1.54, 1.807) is 0 Å². The van der Waals surface area contributed by atoms with Crippen LogP contribution in [0.4, 0.5) is 29.3 Å². The van der Waals surface area contributed by atoms with Gasteiger partial charge in [-0.1, -0.05) is 23.2 Å². The fourth-order valence-corrected chi connectivity index (χ4v) is 4.21. The Morgan fingerprint density at radius 3 is 2.63 bits per heavy atom. The lowest BCUT2D eigenvalue weighted by molar-refractivity contribution is -0.181. The topological polar surface area (TPSA) is 126 Å². The van der Waals surface area contributed by atoms with E-state index >= 15 is 0 Å². The van der Waals surface area contributed by atoms with Gasteiger partial charge in [-0.15, -0.1) is 9.90 Å². The lowest BCUT2D eigenvalue weighted by Gasteiger charge is -2.28. The van der Waals surface area contributed by atoms with Crippen molar-refractivity contribution in [1.29, 1.82) is 0 Å². The molecule has 0 unspecified atom stereocenters. The highest BCUT2D eigenvalue weighted by atomic mass is 35.5. The number of urea groups is 1. The van der Waals surface area contributed by atoms with Gasteiger partial charge in [-0.05, 0) is 13.0 Å². The monoisotopic (exact) mass is 527 g/mol. The number of pyridine rings is 1. The van der Waals surface area contributed by atoms with Crippen molar-refractivity contribution in [2.24, 2.45) is 0 Å². The Labute approximate surface area is 204 Å². The molecule has 0 bridgehead atoms. The number of alkyl halides is 3. The molecular formula is C19H14Cl2F3N9O2. The van der Waals surface area contributed by atoms with E-state index in [2.05, 4.69) is 30.6 Å². The van der Waals surface area contributed by atoms with Crippen molar-refractivity contribution >= 4 is 46.3 Å². The summed E-state index contributed by atoms with van der Waals surface area (Å²) in [7, 11) is 0. The van der Waals surface area contributed by atoms with Gasteiger partial charge in [0.2, 0.25) is 0 Å². The summed E-state index contributed by atoms with van der Waals surface area (Å²) in [4.78, 5) is 23.3. The summed E-state index contributed by atoms with van der Waals surface area (Å²) in [6.45, 7) is -0.0543. The summed E-state index contributed by atoms with van der Waals surface area (Å²) in [6, 6.07) is 1.82. The minimum atomic E-state index is -4.71. The molecule has 182 valence electrons. The highest BCUT2D eigenvalue weighted by molar-refractivity contribution is 6.32. The number of halogens is 5. The number of hydrogen-bond acceptors (Lipinski definition) is 7. The summed E-state index contributed by atoms with van der Waals surface area (Å²) in [5, 5.41) is 23.5. The standard InChI is InChI=1S/C19H14Cl2F3N9O2/c1-18(19(22,23)24)8-31(12-6-25-14-3-13(21)30-32(14)15(12)18)17(35)28-9-2-11(20)16(26-4-9)33-27-5-10(7-34)29-33/h2-6,34H,7-8H2,1H3,(H,28,35)/t18-/m1/s1. The van der Waals surface area contributed by atoms with Gasteiger partial charge < -0.3 is 10.4 Å². The van der Waals surface area contributed by atoms with Gasteiger partial charge in [0, 0.05) is 12.6 Å². The zero-order valence-corrected chi connectivity index (χ0v) is 19.1. The molecule has 5 heterocycles. The minimum Gasteiger partial charge on any atom is -0.390 e. The number of hydrogen-bond donors (Lipinski definition) is 2. The summed E-state index contributed by atoms with van der Waals surface area (Å²) in [5.41, 5.74) is -2.23. The number of anilines is 2. The van der Waals surface area contributed by atoms with Crippen molar-refractivity contribution in [1.82, 2.24) is 34.6 Å². The van der Waals surface area contributed by atoms with Crippen LogP contribution in [0.3, 0.4) is 0 Å². The zero-order chi connectivity index (χ0) is 25.1. The van der Waals surface area contributed by atoms with E-state index in [-0.39, 0.29) is 45.3 Å². The molecule has 0 radical (unpaired) electrons. The van der Waals surface area contributed by atoms with Crippen LogP contribution in [0.1, 0.15) is 18.3 Å². The van der Waals surface area contributed by atoms with Gasteiger partial charge in [-0.2, -0.15) is 23.4 Å². The second-order valence-electron chi connectivity index (χ2n) is 7.89. The summed E-state index contributed by atoms with van der Waals surface area (Å²) in [6.07, 6.45) is -0.959. The van der Waals surface area contributed by atoms with Crippen molar-refractivity contribution in [3.05, 3.63) is 52.3 Å². The Balaban J connectivity index is 1.48. The predicted molar refractivity (Wildman–Crippen MR) is 118 cm³/mol. The first-order valence-corrected chi connectivity index (χ1v) is 10.7. The van der Waals surface area contributed by atoms with Crippen molar-refractivity contribution in [3.8, 4) is 5.82 Å². The van der Waals surface area contributed by atoms with Crippen LogP contribution in [0, 0.1) is 0 Å². The molecular weight excluding hydrogens is 514 g/mol. The molecule has 1 aliphatic rings. The third kappa shape index (κ3) is 3.73. The molecule has 0 saturated heterocycles. The van der Waals surface area contributed by atoms with Crippen molar-refractivity contribution in [2.45, 2.75) is 25.1 Å². The summed E-state index contributed by atoms with van der Waals surface area (Å²) < 4.78 is 43.6. The lowest BCUT2D eigenvalue weighted by Crippen LogP contribution is -2.46. The largest absolute Gasteiger partial charge is 0.401 e. The molecule has 11 nitrogen and oxygen atoms in total. The second-order valence-corrected chi connectivity index (χ2v) is 8.68. The maximum absolute atomic E-state index is 14.2. The average molecular weight is 528 g/mol. The van der Waals surface area contributed by atoms with E-state index in [4.69, 9.17) is 28.3 Å². The van der Waals surface area contributed by atoms with E-state index < -0.39 is 24.2 Å². The van der Waals surface area contributed by atoms with Crippen LogP contribution in [0.2, 0.25) is 10.2 Å². The molecule has 1 aliphatic heterocycles. The molecule has 2 amide bonds. The lowest BCUT2D eigenvalue weighted by atomic mass is 9.88. The Hall–Kier alpha value is -3.49. The van der Waals surface area contributed by atoms with Gasteiger partial charge in [-0.3, -0.25) is 4.90 Å². The molecule has 0 aliphatic carbocycles. The normalized spacial score (nSPS) is 17.7. The first-order valence-electron chi connectivity index (χ1n) is 9.90. The third-order valence-corrected chi connectivity index (χ3v) is 6.02. The van der Waals surface area contributed by atoms with Crippen LogP contribution in [0.25, 0.3) is 11.5 Å². The van der Waals surface area contributed by atoms with Crippen LogP contribution in [0.5, 0.6) is 0 Å². The number of aromatic nitrogens is 7. The molecule has 1 atom stereocenters. The van der Waals surface area contributed by atoms with Gasteiger partial charge in [0.05, 0.1) is 47.3 Å². The van der Waals surface area contributed by atoms with E-state index in [0.717, 1.165) is 21.1 Å². The number of nitrogens with one attached hydrogen (secondary N) is 1. The molecule has 16 heteroatoms. The van der Waals surface area contributed by atoms with Crippen LogP contribution < -0.4 is 10.2 Å². The van der Waals surface area contributed by atoms with Crippen molar-refractivity contribution < 1.29 is 23.1 Å². The molecule has 0 aromatic carbocycles. The third-order valence-electron chi connectivity index (χ3n) is 5.56. The molecule has 0 spiro atoms. The SMILES string of the molecule is C[C@@]1(C(F)(F)F)CN(C(=O)Nc2cnc(-n3ncc(CO)n3)c(Cl)c2)c2cnc3cc(Cl)nn3c21. The zero-order valence-electron chi connectivity index (χ0n) is 17.6. The second kappa shape index (κ2) is 8.03. The quantitative estimate of drug-likeness (QED) is 0.418. The van der Waals surface area contributed by atoms with Crippen LogP contribution >= 0.6 is 23.2 Å². The van der Waals surface area contributed by atoms with Crippen LogP contribution in [-0.4, -0.2) is 58.4 Å². The number of fused-ring (bicyclic) bond motifs is 3. The number of nitrogens with zero attached hydrogens (tertiary/aromatic N) is 8. The number of carbonyl (C=O) groups excluding carboxylic acids is 1. The fraction of sp³-hybridized carbons (Fsp3) is 0.263. The molecule has 0 saturated carbocycles. The fourth-order valence-electron chi connectivity index (χ4n) is 3.80. The van der Waals surface area contributed by atoms with Gasteiger partial charge in [0.25, 0.3) is 0 Å². The molecule has 2 N–H and O–H groups in total. The maximum Gasteiger partial charge on any atom is 0.401 e. The number of aliphatic hydroxyl groups excluding tert-OH is 1. The average Bonchev–Trinajstić information content (AvgIpc) is 3.48. The highest BCUT2D eigenvalue weighted by Crippen LogP contribution is 2.50. The first-order chi connectivity index (χ1) is 16.5.